The lowest BCUT2D eigenvalue weighted by Gasteiger charge is -2.03. The van der Waals surface area contributed by atoms with E-state index in [-0.39, 0.29) is 5.41 Å². The van der Waals surface area contributed by atoms with Crippen LogP contribution in [0, 0.1) is 5.41 Å². The first-order chi connectivity index (χ1) is 3.52. The quantitative estimate of drug-likeness (QED) is 0.535. The van der Waals surface area contributed by atoms with Crippen molar-refractivity contribution in [3.63, 3.8) is 0 Å². The summed E-state index contributed by atoms with van der Waals surface area (Å²) in [5.74, 6) is 0.556. The van der Waals surface area contributed by atoms with Crippen LogP contribution in [0.1, 0.15) is 13.3 Å². The molecule has 1 rings (SSSR count). The molecule has 0 unspecified atom stereocenters. The second-order valence-electron chi connectivity index (χ2n) is 2.58. The van der Waals surface area contributed by atoms with Gasteiger partial charge in [0.15, 0.2) is 0 Å². The standard InChI is InChI=1S/C5H7Cl3/c1-4(3-6)2-5(4,7)8/h2-3H2,1H3/t4-/m0/s1. The van der Waals surface area contributed by atoms with Gasteiger partial charge in [-0.05, 0) is 6.42 Å². The van der Waals surface area contributed by atoms with Crippen molar-refractivity contribution in [2.75, 3.05) is 5.88 Å². The first-order valence-electron chi connectivity index (χ1n) is 2.46. The zero-order valence-corrected chi connectivity index (χ0v) is 6.82. The highest BCUT2D eigenvalue weighted by atomic mass is 35.5. The molecular formula is C5H7Cl3. The molecular weight excluding hydrogens is 166 g/mol. The Morgan fingerprint density at radius 2 is 1.88 bits per heavy atom. The van der Waals surface area contributed by atoms with Crippen LogP contribution in [0.3, 0.4) is 0 Å². The van der Waals surface area contributed by atoms with E-state index in [9.17, 15) is 0 Å². The molecule has 1 aliphatic carbocycles. The van der Waals surface area contributed by atoms with E-state index in [1.807, 2.05) is 6.92 Å². The number of hydrogen-bond acceptors (Lipinski definition) is 0. The van der Waals surface area contributed by atoms with E-state index in [1.165, 1.54) is 0 Å². The molecule has 0 amide bonds. The topological polar surface area (TPSA) is 0 Å². The minimum absolute atomic E-state index is 0.0162. The Labute approximate surface area is 64.1 Å². The van der Waals surface area contributed by atoms with Gasteiger partial charge in [-0.1, -0.05) is 6.92 Å². The molecule has 0 saturated heterocycles. The van der Waals surface area contributed by atoms with Crippen LogP contribution in [0.2, 0.25) is 0 Å². The van der Waals surface area contributed by atoms with E-state index in [0.717, 1.165) is 6.42 Å². The van der Waals surface area contributed by atoms with Crippen molar-refractivity contribution in [2.45, 2.75) is 17.7 Å². The van der Waals surface area contributed by atoms with E-state index in [4.69, 9.17) is 34.8 Å². The maximum atomic E-state index is 5.73. The van der Waals surface area contributed by atoms with Gasteiger partial charge in [0.25, 0.3) is 0 Å². The van der Waals surface area contributed by atoms with Crippen LogP contribution in [0.4, 0.5) is 0 Å². The number of halogens is 3. The van der Waals surface area contributed by atoms with Crippen LogP contribution >= 0.6 is 34.8 Å². The second kappa shape index (κ2) is 1.68. The molecule has 0 aromatic carbocycles. The summed E-state index contributed by atoms with van der Waals surface area (Å²) in [4.78, 5) is 0. The Morgan fingerprint density at radius 1 is 1.50 bits per heavy atom. The van der Waals surface area contributed by atoms with Gasteiger partial charge in [0.1, 0.15) is 4.33 Å². The van der Waals surface area contributed by atoms with E-state index < -0.39 is 4.33 Å². The molecule has 0 aliphatic heterocycles. The fourth-order valence-corrected chi connectivity index (χ4v) is 1.77. The first kappa shape index (κ1) is 6.98. The Kier molecular flexibility index (Phi) is 1.47. The average molecular weight is 173 g/mol. The minimum atomic E-state index is -0.533. The molecule has 8 heavy (non-hydrogen) atoms. The van der Waals surface area contributed by atoms with E-state index >= 15 is 0 Å². The van der Waals surface area contributed by atoms with Crippen LogP contribution < -0.4 is 0 Å². The molecule has 0 heterocycles. The molecule has 0 N–H and O–H groups in total. The third-order valence-corrected chi connectivity index (χ3v) is 3.43. The van der Waals surface area contributed by atoms with Gasteiger partial charge in [-0.15, -0.1) is 34.8 Å². The zero-order chi connectivity index (χ0) is 6.41. The molecule has 48 valence electrons. The zero-order valence-electron chi connectivity index (χ0n) is 4.55. The molecule has 0 aromatic rings. The van der Waals surface area contributed by atoms with E-state index in [0.29, 0.717) is 5.88 Å². The van der Waals surface area contributed by atoms with Crippen LogP contribution in [0.15, 0.2) is 0 Å². The predicted molar refractivity (Wildman–Crippen MR) is 37.9 cm³/mol. The molecule has 0 aromatic heterocycles. The number of hydrogen-bond donors (Lipinski definition) is 0. The SMILES string of the molecule is C[C@@]1(CCl)CC1(Cl)Cl. The van der Waals surface area contributed by atoms with Gasteiger partial charge in [-0.3, -0.25) is 0 Å². The third kappa shape index (κ3) is 0.832. The van der Waals surface area contributed by atoms with E-state index in [2.05, 4.69) is 0 Å². The summed E-state index contributed by atoms with van der Waals surface area (Å²) in [7, 11) is 0. The lowest BCUT2D eigenvalue weighted by molar-refractivity contribution is 0.650. The number of rotatable bonds is 1. The largest absolute Gasteiger partial charge is 0.126 e. The Hall–Kier alpha value is 0.870. The smallest absolute Gasteiger partial charge is 0.125 e. The maximum absolute atomic E-state index is 5.73. The molecule has 0 radical (unpaired) electrons. The highest BCUT2D eigenvalue weighted by Crippen LogP contribution is 2.64. The van der Waals surface area contributed by atoms with Crippen molar-refractivity contribution in [1.29, 1.82) is 0 Å². The van der Waals surface area contributed by atoms with Crippen molar-refractivity contribution < 1.29 is 0 Å². The van der Waals surface area contributed by atoms with Gasteiger partial charge in [0.05, 0.1) is 0 Å². The summed E-state index contributed by atoms with van der Waals surface area (Å²) in [6, 6.07) is 0. The number of alkyl halides is 3. The third-order valence-electron chi connectivity index (χ3n) is 1.67. The van der Waals surface area contributed by atoms with Gasteiger partial charge in [0, 0.05) is 11.3 Å². The predicted octanol–water partition coefficient (Wildman–Crippen LogP) is 2.81. The van der Waals surface area contributed by atoms with Crippen LogP contribution in [0.25, 0.3) is 0 Å². The normalized spacial score (nSPS) is 42.0. The highest BCUT2D eigenvalue weighted by molar-refractivity contribution is 6.51. The van der Waals surface area contributed by atoms with Gasteiger partial charge < -0.3 is 0 Å². The van der Waals surface area contributed by atoms with Crippen molar-refractivity contribution in [3.05, 3.63) is 0 Å². The van der Waals surface area contributed by atoms with Crippen LogP contribution in [0.5, 0.6) is 0 Å². The molecule has 1 atom stereocenters. The van der Waals surface area contributed by atoms with Crippen LogP contribution in [-0.2, 0) is 0 Å². The lowest BCUT2D eigenvalue weighted by Crippen LogP contribution is -2.04. The fourth-order valence-electron chi connectivity index (χ4n) is 0.591. The summed E-state index contributed by atoms with van der Waals surface area (Å²) >= 11 is 17.0. The summed E-state index contributed by atoms with van der Waals surface area (Å²) in [6.45, 7) is 1.99. The summed E-state index contributed by atoms with van der Waals surface area (Å²) in [6.07, 6.45) is 0.826. The maximum Gasteiger partial charge on any atom is 0.125 e. The van der Waals surface area contributed by atoms with E-state index in [1.54, 1.807) is 0 Å². The molecule has 0 bridgehead atoms. The van der Waals surface area contributed by atoms with Crippen molar-refractivity contribution >= 4 is 34.8 Å². The fraction of sp³-hybridized carbons (Fsp3) is 1.00. The summed E-state index contributed by atoms with van der Waals surface area (Å²) in [5, 5.41) is 0. The summed E-state index contributed by atoms with van der Waals surface area (Å²) in [5.41, 5.74) is -0.0162. The lowest BCUT2D eigenvalue weighted by atomic mass is 10.2. The molecule has 3 heteroatoms. The second-order valence-corrected chi connectivity index (χ2v) is 4.33. The van der Waals surface area contributed by atoms with Crippen molar-refractivity contribution in [1.82, 2.24) is 0 Å². The summed E-state index contributed by atoms with van der Waals surface area (Å²) < 4.78 is -0.533. The Balaban J connectivity index is 2.55. The highest BCUT2D eigenvalue weighted by Gasteiger charge is 2.62. The van der Waals surface area contributed by atoms with Gasteiger partial charge in [-0.25, -0.2) is 0 Å². The van der Waals surface area contributed by atoms with Gasteiger partial charge >= 0.3 is 0 Å². The molecule has 1 saturated carbocycles. The molecule has 1 aliphatic rings. The Bertz CT molecular complexity index is 110. The monoisotopic (exact) mass is 172 g/mol. The van der Waals surface area contributed by atoms with Gasteiger partial charge in [-0.2, -0.15) is 0 Å². The van der Waals surface area contributed by atoms with Crippen molar-refractivity contribution in [3.8, 4) is 0 Å². The minimum Gasteiger partial charge on any atom is -0.126 e. The average Bonchev–Trinajstić information content (AvgIpc) is 2.10. The molecule has 0 spiro atoms. The molecule has 0 nitrogen and oxygen atoms in total. The Morgan fingerprint density at radius 3 is 1.88 bits per heavy atom. The molecule has 1 fully saturated rings. The van der Waals surface area contributed by atoms with Crippen molar-refractivity contribution in [2.24, 2.45) is 5.41 Å². The van der Waals surface area contributed by atoms with Gasteiger partial charge in [0.2, 0.25) is 0 Å². The first-order valence-corrected chi connectivity index (χ1v) is 3.75. The van der Waals surface area contributed by atoms with Crippen LogP contribution in [-0.4, -0.2) is 10.2 Å².